The van der Waals surface area contributed by atoms with Crippen LogP contribution in [0.15, 0.2) is 30.3 Å². The molecule has 0 radical (unpaired) electrons. The Morgan fingerprint density at radius 1 is 1.29 bits per heavy atom. The second kappa shape index (κ2) is 4.43. The Balaban J connectivity index is 2.04. The second-order valence-corrected chi connectivity index (χ2v) is 6.26. The van der Waals surface area contributed by atoms with Crippen LogP contribution < -0.4 is 0 Å². The van der Waals surface area contributed by atoms with Gasteiger partial charge in [0.2, 0.25) is 0 Å². The number of β-amino-alcohol motifs (C(OH)–C–C–N with tert-alkyl or cyclic N) is 1. The molecule has 0 saturated carbocycles. The summed E-state index contributed by atoms with van der Waals surface area (Å²) in [5, 5.41) is 10.6. The number of likely N-dealkylation sites (tertiary alicyclic amines) is 1. The minimum absolute atomic E-state index is 0.396. The first-order valence-electron chi connectivity index (χ1n) is 6.39. The summed E-state index contributed by atoms with van der Waals surface area (Å²) >= 11 is 0. The van der Waals surface area contributed by atoms with Crippen molar-refractivity contribution in [3.05, 3.63) is 35.9 Å². The lowest BCUT2D eigenvalue weighted by Gasteiger charge is -2.30. The molecule has 1 fully saturated rings. The highest BCUT2D eigenvalue weighted by Gasteiger charge is 2.34. The molecule has 0 bridgehead atoms. The number of hydrogen-bond donors (Lipinski definition) is 1. The summed E-state index contributed by atoms with van der Waals surface area (Å²) < 4.78 is 0. The molecule has 1 unspecified atom stereocenters. The largest absolute Gasteiger partial charge is 0.384 e. The molecule has 1 aromatic rings. The molecule has 94 valence electrons. The Hall–Kier alpha value is -0.860. The summed E-state index contributed by atoms with van der Waals surface area (Å²) in [5.74, 6) is 0. The van der Waals surface area contributed by atoms with Gasteiger partial charge >= 0.3 is 0 Å². The predicted molar refractivity (Wildman–Crippen MR) is 70.9 cm³/mol. The molecule has 1 atom stereocenters. The molecule has 0 amide bonds. The highest BCUT2D eigenvalue weighted by molar-refractivity contribution is 5.21. The third-order valence-corrected chi connectivity index (χ3v) is 3.68. The van der Waals surface area contributed by atoms with Crippen LogP contribution in [0.4, 0.5) is 0 Å². The maximum atomic E-state index is 10.6. The van der Waals surface area contributed by atoms with Gasteiger partial charge < -0.3 is 5.11 Å². The molecule has 1 N–H and O–H groups in total. The molecule has 0 aliphatic carbocycles. The van der Waals surface area contributed by atoms with Crippen LogP contribution in [0.1, 0.15) is 32.8 Å². The van der Waals surface area contributed by atoms with Crippen molar-refractivity contribution in [2.24, 2.45) is 5.41 Å². The van der Waals surface area contributed by atoms with Gasteiger partial charge in [-0.05, 0) is 30.9 Å². The second-order valence-electron chi connectivity index (χ2n) is 6.26. The van der Waals surface area contributed by atoms with Gasteiger partial charge in [0.1, 0.15) is 0 Å². The fourth-order valence-corrected chi connectivity index (χ4v) is 2.68. The van der Waals surface area contributed by atoms with Crippen LogP contribution in [0.2, 0.25) is 0 Å². The van der Waals surface area contributed by atoms with Crippen molar-refractivity contribution in [2.45, 2.75) is 32.8 Å². The van der Waals surface area contributed by atoms with E-state index in [4.69, 9.17) is 0 Å². The molecule has 1 aliphatic heterocycles. The maximum absolute atomic E-state index is 10.6. The van der Waals surface area contributed by atoms with Crippen molar-refractivity contribution >= 4 is 0 Å². The van der Waals surface area contributed by atoms with Crippen LogP contribution in [-0.2, 0) is 5.60 Å². The number of nitrogens with zero attached hydrogens (tertiary/aromatic N) is 1. The van der Waals surface area contributed by atoms with Crippen molar-refractivity contribution in [2.75, 3.05) is 19.6 Å². The smallest absolute Gasteiger partial charge is 0.0994 e. The molecule has 1 aromatic carbocycles. The van der Waals surface area contributed by atoms with Crippen molar-refractivity contribution in [1.82, 2.24) is 4.90 Å². The molecule has 2 rings (SSSR count). The molecule has 0 spiro atoms. The van der Waals surface area contributed by atoms with Crippen LogP contribution in [0.5, 0.6) is 0 Å². The molecular weight excluding hydrogens is 210 g/mol. The van der Waals surface area contributed by atoms with Crippen LogP contribution in [-0.4, -0.2) is 29.6 Å². The van der Waals surface area contributed by atoms with Gasteiger partial charge in [-0.15, -0.1) is 0 Å². The van der Waals surface area contributed by atoms with E-state index in [2.05, 4.69) is 18.7 Å². The molecule has 1 heterocycles. The molecule has 1 aliphatic rings. The SMILES string of the molecule is CC1(C)CCN(CC(C)(O)c2ccccc2)C1. The van der Waals surface area contributed by atoms with Crippen molar-refractivity contribution in [3.63, 3.8) is 0 Å². The Labute approximate surface area is 104 Å². The number of rotatable bonds is 3. The summed E-state index contributed by atoms with van der Waals surface area (Å²) in [4.78, 5) is 2.37. The van der Waals surface area contributed by atoms with Crippen LogP contribution >= 0.6 is 0 Å². The minimum Gasteiger partial charge on any atom is -0.384 e. The van der Waals surface area contributed by atoms with E-state index in [1.165, 1.54) is 6.42 Å². The molecule has 2 heteroatoms. The van der Waals surface area contributed by atoms with Crippen molar-refractivity contribution in [1.29, 1.82) is 0 Å². The van der Waals surface area contributed by atoms with Gasteiger partial charge in [0, 0.05) is 13.1 Å². The summed E-state index contributed by atoms with van der Waals surface area (Å²) in [5.41, 5.74) is 0.652. The molecule has 17 heavy (non-hydrogen) atoms. The standard InChI is InChI=1S/C15H23NO/c1-14(2)9-10-16(11-14)12-15(3,17)13-7-5-4-6-8-13/h4-8,17H,9-12H2,1-3H3. The molecule has 0 aromatic heterocycles. The number of benzene rings is 1. The van der Waals surface area contributed by atoms with Crippen LogP contribution in [0.3, 0.4) is 0 Å². The van der Waals surface area contributed by atoms with E-state index >= 15 is 0 Å². The van der Waals surface area contributed by atoms with E-state index in [1.54, 1.807) is 0 Å². The molecule has 2 nitrogen and oxygen atoms in total. The summed E-state index contributed by atoms with van der Waals surface area (Å²) in [6.07, 6.45) is 1.22. The Morgan fingerprint density at radius 3 is 2.47 bits per heavy atom. The highest BCUT2D eigenvalue weighted by atomic mass is 16.3. The first kappa shape index (κ1) is 12.6. The van der Waals surface area contributed by atoms with Gasteiger partial charge in [-0.3, -0.25) is 4.90 Å². The number of hydrogen-bond acceptors (Lipinski definition) is 2. The lowest BCUT2D eigenvalue weighted by atomic mass is 9.93. The first-order chi connectivity index (χ1) is 7.89. The minimum atomic E-state index is -0.748. The Bertz CT molecular complexity index is 370. The average molecular weight is 233 g/mol. The molecule has 1 saturated heterocycles. The van der Waals surface area contributed by atoms with Crippen LogP contribution in [0.25, 0.3) is 0 Å². The van der Waals surface area contributed by atoms with Crippen molar-refractivity contribution in [3.8, 4) is 0 Å². The maximum Gasteiger partial charge on any atom is 0.0994 e. The lowest BCUT2D eigenvalue weighted by Crippen LogP contribution is -2.38. The quantitative estimate of drug-likeness (QED) is 0.867. The van der Waals surface area contributed by atoms with Crippen molar-refractivity contribution < 1.29 is 5.11 Å². The Morgan fingerprint density at radius 2 is 1.94 bits per heavy atom. The van der Waals surface area contributed by atoms with Gasteiger partial charge in [0.15, 0.2) is 0 Å². The third-order valence-electron chi connectivity index (χ3n) is 3.68. The van der Waals surface area contributed by atoms with E-state index < -0.39 is 5.60 Å². The zero-order valence-electron chi connectivity index (χ0n) is 11.1. The number of aliphatic hydroxyl groups is 1. The fourth-order valence-electron chi connectivity index (χ4n) is 2.68. The van der Waals surface area contributed by atoms with E-state index in [9.17, 15) is 5.11 Å². The Kier molecular flexibility index (Phi) is 3.28. The van der Waals surface area contributed by atoms with Gasteiger partial charge in [0.05, 0.1) is 5.60 Å². The summed E-state index contributed by atoms with van der Waals surface area (Å²) in [6, 6.07) is 9.95. The van der Waals surface area contributed by atoms with Crippen LogP contribution in [0, 0.1) is 5.41 Å². The van der Waals surface area contributed by atoms with Gasteiger partial charge in [0.25, 0.3) is 0 Å². The molecular formula is C15H23NO. The van der Waals surface area contributed by atoms with Gasteiger partial charge in [-0.2, -0.15) is 0 Å². The van der Waals surface area contributed by atoms with E-state index in [0.29, 0.717) is 5.41 Å². The highest BCUT2D eigenvalue weighted by Crippen LogP contribution is 2.31. The zero-order chi connectivity index (χ0) is 12.5. The van der Waals surface area contributed by atoms with E-state index in [1.807, 2.05) is 37.3 Å². The van der Waals surface area contributed by atoms with E-state index in [-0.39, 0.29) is 0 Å². The fraction of sp³-hybridized carbons (Fsp3) is 0.600. The third kappa shape index (κ3) is 3.08. The van der Waals surface area contributed by atoms with Gasteiger partial charge in [-0.1, -0.05) is 44.2 Å². The first-order valence-corrected chi connectivity index (χ1v) is 6.39. The summed E-state index contributed by atoms with van der Waals surface area (Å²) in [7, 11) is 0. The lowest BCUT2D eigenvalue weighted by molar-refractivity contribution is 0.0204. The monoisotopic (exact) mass is 233 g/mol. The van der Waals surface area contributed by atoms with Gasteiger partial charge in [-0.25, -0.2) is 0 Å². The normalized spacial score (nSPS) is 23.5. The zero-order valence-corrected chi connectivity index (χ0v) is 11.1. The average Bonchev–Trinajstić information content (AvgIpc) is 2.58. The van der Waals surface area contributed by atoms with E-state index in [0.717, 1.165) is 25.2 Å². The summed E-state index contributed by atoms with van der Waals surface area (Å²) in [6.45, 7) is 9.40. The predicted octanol–water partition coefficient (Wildman–Crippen LogP) is 2.63. The topological polar surface area (TPSA) is 23.5 Å².